The molecule has 0 radical (unpaired) electrons. The third-order valence-electron chi connectivity index (χ3n) is 1.81. The molecule has 0 aliphatic heterocycles. The highest BCUT2D eigenvalue weighted by Crippen LogP contribution is 2.13. The maximum atomic E-state index is 9.43. The van der Waals surface area contributed by atoms with E-state index in [1.165, 1.54) is 0 Å². The Kier molecular flexibility index (Phi) is 3.71. The van der Waals surface area contributed by atoms with Gasteiger partial charge in [-0.05, 0) is 32.0 Å². The molecule has 1 heterocycles. The molecule has 1 aromatic heterocycles. The van der Waals surface area contributed by atoms with Gasteiger partial charge < -0.3 is 10.4 Å². The van der Waals surface area contributed by atoms with Crippen LogP contribution in [0.15, 0.2) is 12.1 Å². The van der Waals surface area contributed by atoms with Gasteiger partial charge in [-0.25, -0.2) is 0 Å². The number of aromatic hydroxyl groups is 1. The van der Waals surface area contributed by atoms with Crippen LogP contribution in [0, 0.1) is 6.92 Å². The highest BCUT2D eigenvalue weighted by atomic mass is 16.3. The summed E-state index contributed by atoms with van der Waals surface area (Å²) >= 11 is 0. The lowest BCUT2D eigenvalue weighted by atomic mass is 10.3. The van der Waals surface area contributed by atoms with E-state index in [1.807, 2.05) is 6.92 Å². The van der Waals surface area contributed by atoms with Crippen molar-refractivity contribution in [1.29, 1.82) is 0 Å². The van der Waals surface area contributed by atoms with Crippen LogP contribution in [0.1, 0.15) is 24.7 Å². The maximum absolute atomic E-state index is 9.43. The van der Waals surface area contributed by atoms with Gasteiger partial charge in [0.15, 0.2) is 0 Å². The zero-order chi connectivity index (χ0) is 9.68. The van der Waals surface area contributed by atoms with Gasteiger partial charge in [-0.15, -0.1) is 0 Å². The van der Waals surface area contributed by atoms with Gasteiger partial charge in [0, 0.05) is 12.2 Å². The maximum Gasteiger partial charge on any atom is 0.138 e. The summed E-state index contributed by atoms with van der Waals surface area (Å²) in [5, 5.41) is 12.6. The third-order valence-corrected chi connectivity index (χ3v) is 1.81. The first-order valence-corrected chi connectivity index (χ1v) is 4.60. The van der Waals surface area contributed by atoms with Crippen molar-refractivity contribution in [3.8, 4) is 5.75 Å². The number of aromatic nitrogens is 1. The predicted octanol–water partition coefficient (Wildman–Crippen LogP) is 1.60. The summed E-state index contributed by atoms with van der Waals surface area (Å²) in [4.78, 5) is 4.23. The summed E-state index contributed by atoms with van der Waals surface area (Å²) in [5.41, 5.74) is 1.67. The zero-order valence-electron chi connectivity index (χ0n) is 8.17. The molecule has 0 aliphatic carbocycles. The van der Waals surface area contributed by atoms with Gasteiger partial charge >= 0.3 is 0 Å². The molecular formula is C10H16N2O. The molecule has 0 saturated carbocycles. The summed E-state index contributed by atoms with van der Waals surface area (Å²) in [6.45, 7) is 5.62. The van der Waals surface area contributed by atoms with E-state index in [-0.39, 0.29) is 5.75 Å². The average molecular weight is 180 g/mol. The molecular weight excluding hydrogens is 164 g/mol. The second-order valence-corrected chi connectivity index (χ2v) is 3.10. The molecule has 0 amide bonds. The van der Waals surface area contributed by atoms with Crippen LogP contribution in [0.2, 0.25) is 0 Å². The second-order valence-electron chi connectivity index (χ2n) is 3.10. The normalized spacial score (nSPS) is 10.3. The van der Waals surface area contributed by atoms with Crippen LogP contribution in [-0.4, -0.2) is 16.6 Å². The molecule has 3 nitrogen and oxygen atoms in total. The summed E-state index contributed by atoms with van der Waals surface area (Å²) in [7, 11) is 0. The van der Waals surface area contributed by atoms with Crippen molar-refractivity contribution in [3.05, 3.63) is 23.5 Å². The molecule has 0 aromatic carbocycles. The molecule has 0 unspecified atom stereocenters. The SMILES string of the molecule is CCCNCc1nc(C)ccc1O. The van der Waals surface area contributed by atoms with Crippen LogP contribution in [-0.2, 0) is 6.54 Å². The van der Waals surface area contributed by atoms with Crippen LogP contribution < -0.4 is 5.32 Å². The van der Waals surface area contributed by atoms with Crippen molar-refractivity contribution in [3.63, 3.8) is 0 Å². The van der Waals surface area contributed by atoms with Gasteiger partial charge in [0.05, 0.1) is 5.69 Å². The standard InChI is InChI=1S/C10H16N2O/c1-3-6-11-7-9-10(13)5-4-8(2)12-9/h4-5,11,13H,3,6-7H2,1-2H3. The van der Waals surface area contributed by atoms with E-state index in [0.717, 1.165) is 24.4 Å². The molecule has 3 heteroatoms. The van der Waals surface area contributed by atoms with Crippen molar-refractivity contribution in [1.82, 2.24) is 10.3 Å². The number of nitrogens with one attached hydrogen (secondary N) is 1. The number of nitrogens with zero attached hydrogens (tertiary/aromatic N) is 1. The van der Waals surface area contributed by atoms with Crippen molar-refractivity contribution in [2.24, 2.45) is 0 Å². The largest absolute Gasteiger partial charge is 0.506 e. The molecule has 1 rings (SSSR count). The molecule has 0 bridgehead atoms. The number of pyridine rings is 1. The summed E-state index contributed by atoms with van der Waals surface area (Å²) in [5.74, 6) is 0.272. The van der Waals surface area contributed by atoms with Crippen molar-refractivity contribution in [2.75, 3.05) is 6.54 Å². The summed E-state index contributed by atoms with van der Waals surface area (Å²) < 4.78 is 0. The van der Waals surface area contributed by atoms with E-state index >= 15 is 0 Å². The van der Waals surface area contributed by atoms with Crippen LogP contribution in [0.3, 0.4) is 0 Å². The van der Waals surface area contributed by atoms with Gasteiger partial charge in [-0.2, -0.15) is 0 Å². The average Bonchev–Trinajstić information content (AvgIpc) is 2.11. The topological polar surface area (TPSA) is 45.2 Å². The molecule has 72 valence electrons. The van der Waals surface area contributed by atoms with Crippen LogP contribution in [0.4, 0.5) is 0 Å². The highest BCUT2D eigenvalue weighted by molar-refractivity contribution is 5.27. The predicted molar refractivity (Wildman–Crippen MR) is 52.6 cm³/mol. The summed E-state index contributed by atoms with van der Waals surface area (Å²) in [6.07, 6.45) is 1.09. The zero-order valence-corrected chi connectivity index (χ0v) is 8.17. The first-order valence-electron chi connectivity index (χ1n) is 4.60. The van der Waals surface area contributed by atoms with E-state index in [2.05, 4.69) is 17.2 Å². The van der Waals surface area contributed by atoms with Crippen molar-refractivity contribution < 1.29 is 5.11 Å². The van der Waals surface area contributed by atoms with E-state index in [0.29, 0.717) is 6.54 Å². The van der Waals surface area contributed by atoms with E-state index in [4.69, 9.17) is 0 Å². The minimum atomic E-state index is 0.272. The van der Waals surface area contributed by atoms with E-state index < -0.39 is 0 Å². The molecule has 0 atom stereocenters. The lowest BCUT2D eigenvalue weighted by Crippen LogP contribution is -2.15. The Bertz CT molecular complexity index is 274. The number of hydrogen-bond donors (Lipinski definition) is 2. The molecule has 0 spiro atoms. The Hall–Kier alpha value is -1.09. The lowest BCUT2D eigenvalue weighted by molar-refractivity contribution is 0.459. The van der Waals surface area contributed by atoms with Gasteiger partial charge in [0.1, 0.15) is 5.75 Å². The second kappa shape index (κ2) is 4.82. The molecule has 0 saturated heterocycles. The number of aryl methyl sites for hydroxylation is 1. The Morgan fingerprint density at radius 2 is 2.23 bits per heavy atom. The van der Waals surface area contributed by atoms with Crippen molar-refractivity contribution in [2.45, 2.75) is 26.8 Å². The van der Waals surface area contributed by atoms with Crippen LogP contribution >= 0.6 is 0 Å². The first kappa shape index (κ1) is 9.99. The van der Waals surface area contributed by atoms with Gasteiger partial charge in [0.2, 0.25) is 0 Å². The number of hydrogen-bond acceptors (Lipinski definition) is 3. The van der Waals surface area contributed by atoms with Crippen molar-refractivity contribution >= 4 is 0 Å². The molecule has 2 N–H and O–H groups in total. The third kappa shape index (κ3) is 3.03. The molecule has 0 fully saturated rings. The first-order chi connectivity index (χ1) is 6.24. The van der Waals surface area contributed by atoms with Crippen LogP contribution in [0.25, 0.3) is 0 Å². The monoisotopic (exact) mass is 180 g/mol. The van der Waals surface area contributed by atoms with E-state index in [1.54, 1.807) is 12.1 Å². The quantitative estimate of drug-likeness (QED) is 0.692. The minimum absolute atomic E-state index is 0.272. The lowest BCUT2D eigenvalue weighted by Gasteiger charge is -2.05. The minimum Gasteiger partial charge on any atom is -0.506 e. The Balaban J connectivity index is 2.59. The van der Waals surface area contributed by atoms with Gasteiger partial charge in [0.25, 0.3) is 0 Å². The van der Waals surface area contributed by atoms with Gasteiger partial charge in [-0.3, -0.25) is 4.98 Å². The van der Waals surface area contributed by atoms with Gasteiger partial charge in [-0.1, -0.05) is 6.92 Å². The number of rotatable bonds is 4. The molecule has 1 aromatic rings. The smallest absolute Gasteiger partial charge is 0.138 e. The fourth-order valence-electron chi connectivity index (χ4n) is 1.12. The van der Waals surface area contributed by atoms with E-state index in [9.17, 15) is 5.11 Å². The highest BCUT2D eigenvalue weighted by Gasteiger charge is 2.01. The van der Waals surface area contributed by atoms with Crippen LogP contribution in [0.5, 0.6) is 5.75 Å². The Morgan fingerprint density at radius 1 is 1.46 bits per heavy atom. The molecule has 13 heavy (non-hydrogen) atoms. The summed E-state index contributed by atoms with van der Waals surface area (Å²) in [6, 6.07) is 3.49. The fraction of sp³-hybridized carbons (Fsp3) is 0.500. The molecule has 0 aliphatic rings. The fourth-order valence-corrected chi connectivity index (χ4v) is 1.12. The Labute approximate surface area is 78.8 Å². The Morgan fingerprint density at radius 3 is 2.92 bits per heavy atom.